The van der Waals surface area contributed by atoms with Crippen molar-refractivity contribution < 1.29 is 27.1 Å². The van der Waals surface area contributed by atoms with Crippen molar-refractivity contribution in [3.8, 4) is 11.3 Å². The maximum absolute atomic E-state index is 15.1. The van der Waals surface area contributed by atoms with E-state index in [0.717, 1.165) is 6.07 Å². The lowest BCUT2D eigenvalue weighted by atomic mass is 10.0. The van der Waals surface area contributed by atoms with E-state index in [4.69, 9.17) is 4.74 Å². The van der Waals surface area contributed by atoms with Gasteiger partial charge in [0, 0.05) is 30.6 Å². The van der Waals surface area contributed by atoms with Crippen molar-refractivity contribution in [3.05, 3.63) is 41.7 Å². The molecule has 0 radical (unpaired) electrons. The van der Waals surface area contributed by atoms with Gasteiger partial charge in [0.15, 0.2) is 11.6 Å². The Balaban J connectivity index is 1.39. The third kappa shape index (κ3) is 4.49. The second-order valence-corrected chi connectivity index (χ2v) is 9.29. The number of hydrogen-bond donors (Lipinski definition) is 1. The van der Waals surface area contributed by atoms with E-state index in [1.165, 1.54) is 12.1 Å². The fourth-order valence-corrected chi connectivity index (χ4v) is 4.36. The van der Waals surface area contributed by atoms with Crippen LogP contribution in [0.3, 0.4) is 0 Å². The molecule has 1 saturated carbocycles. The number of benzene rings is 1. The lowest BCUT2D eigenvalue weighted by Gasteiger charge is -2.26. The number of fused-ring (bicyclic) bond motifs is 1. The number of amides is 1. The molecule has 1 aliphatic carbocycles. The molecule has 1 amide bonds. The molecule has 1 aromatic carbocycles. The summed E-state index contributed by atoms with van der Waals surface area (Å²) >= 11 is 0. The van der Waals surface area contributed by atoms with Crippen molar-refractivity contribution in [2.45, 2.75) is 45.0 Å². The van der Waals surface area contributed by atoms with E-state index in [-0.39, 0.29) is 35.5 Å². The van der Waals surface area contributed by atoms with Crippen LogP contribution in [-0.2, 0) is 4.74 Å². The Hall–Kier alpha value is -2.91. The minimum atomic E-state index is -1.32. The number of nitrogens with zero attached hydrogens (tertiary/aromatic N) is 3. The summed E-state index contributed by atoms with van der Waals surface area (Å²) in [6, 6.07) is 3.58. The zero-order valence-corrected chi connectivity index (χ0v) is 17.9. The van der Waals surface area contributed by atoms with Gasteiger partial charge in [0.25, 0.3) is 0 Å². The van der Waals surface area contributed by atoms with E-state index >= 15 is 4.39 Å². The van der Waals surface area contributed by atoms with Gasteiger partial charge < -0.3 is 15.0 Å². The van der Waals surface area contributed by atoms with Crippen molar-refractivity contribution in [1.82, 2.24) is 15.1 Å². The van der Waals surface area contributed by atoms with Gasteiger partial charge in [0.1, 0.15) is 23.4 Å². The first-order valence-electron chi connectivity index (χ1n) is 10.4. The Morgan fingerprint density at radius 1 is 1.16 bits per heavy atom. The number of ether oxygens (including phenoxy) is 1. The number of carbonyl (C=O) groups excluding carboxylic acids is 1. The Labute approximate surface area is 183 Å². The molecule has 0 bridgehead atoms. The van der Waals surface area contributed by atoms with Crippen LogP contribution in [0.25, 0.3) is 11.3 Å². The largest absolute Gasteiger partial charge is 0.444 e. The fraction of sp³-hybridized carbons (Fsp3) is 0.500. The molecule has 0 spiro atoms. The Kier molecular flexibility index (Phi) is 5.72. The minimum Gasteiger partial charge on any atom is -0.444 e. The molecule has 10 heteroatoms. The molecule has 32 heavy (non-hydrogen) atoms. The Morgan fingerprint density at radius 3 is 2.53 bits per heavy atom. The van der Waals surface area contributed by atoms with E-state index in [9.17, 15) is 18.0 Å². The summed E-state index contributed by atoms with van der Waals surface area (Å²) in [5.74, 6) is -3.52. The van der Waals surface area contributed by atoms with Crippen LogP contribution < -0.4 is 5.32 Å². The monoisotopic (exact) mass is 452 g/mol. The van der Waals surface area contributed by atoms with Gasteiger partial charge >= 0.3 is 6.09 Å². The molecule has 2 fully saturated rings. The number of rotatable bonds is 3. The average molecular weight is 452 g/mol. The smallest absolute Gasteiger partial charge is 0.410 e. The van der Waals surface area contributed by atoms with Crippen LogP contribution >= 0.6 is 0 Å². The quantitative estimate of drug-likeness (QED) is 0.546. The standard InChI is InChI=1S/C22H24F4N4O2/c1-22(2,3)32-21(31)30-9-11-6-17(20(26)14(11)10-30)27-18-5-4-16(28-29-18)13-7-12(23)8-15(24)19(13)25/h4-5,7-8,11,14,17,20H,6,9-10H2,1-3H3,(H,27,29)/t11-,14+,17+,20-/m0/s1. The molecule has 2 aromatic rings. The number of nitrogens with one attached hydrogen (secondary N) is 1. The summed E-state index contributed by atoms with van der Waals surface area (Å²) in [5, 5.41) is 10.7. The topological polar surface area (TPSA) is 67.3 Å². The second-order valence-electron chi connectivity index (χ2n) is 9.29. The van der Waals surface area contributed by atoms with Gasteiger partial charge in [-0.15, -0.1) is 10.2 Å². The number of likely N-dealkylation sites (tertiary alicyclic amines) is 1. The van der Waals surface area contributed by atoms with Gasteiger partial charge in [-0.05, 0) is 51.3 Å². The zero-order valence-electron chi connectivity index (χ0n) is 17.9. The molecule has 2 aliphatic rings. The number of halogens is 4. The highest BCUT2D eigenvalue weighted by Crippen LogP contribution is 2.41. The molecule has 4 atom stereocenters. The highest BCUT2D eigenvalue weighted by molar-refractivity contribution is 5.68. The van der Waals surface area contributed by atoms with E-state index in [0.29, 0.717) is 19.0 Å². The van der Waals surface area contributed by atoms with Crippen molar-refractivity contribution in [1.29, 1.82) is 0 Å². The van der Waals surface area contributed by atoms with Crippen LogP contribution in [-0.4, -0.2) is 52.1 Å². The molecule has 1 saturated heterocycles. The second kappa shape index (κ2) is 8.22. The molecule has 172 valence electrons. The first kappa shape index (κ1) is 22.3. The summed E-state index contributed by atoms with van der Waals surface area (Å²) in [6.45, 7) is 6.06. The summed E-state index contributed by atoms with van der Waals surface area (Å²) in [6.07, 6.45) is -1.15. The third-order valence-corrected chi connectivity index (χ3v) is 5.76. The lowest BCUT2D eigenvalue weighted by molar-refractivity contribution is 0.0273. The molecule has 2 heterocycles. The maximum atomic E-state index is 15.1. The van der Waals surface area contributed by atoms with Gasteiger partial charge in [-0.1, -0.05) is 0 Å². The van der Waals surface area contributed by atoms with Gasteiger partial charge in [0.05, 0.1) is 11.7 Å². The lowest BCUT2D eigenvalue weighted by Crippen LogP contribution is -2.38. The third-order valence-electron chi connectivity index (χ3n) is 5.76. The van der Waals surface area contributed by atoms with E-state index in [2.05, 4.69) is 15.5 Å². The van der Waals surface area contributed by atoms with Crippen LogP contribution in [0.1, 0.15) is 27.2 Å². The zero-order chi connectivity index (χ0) is 23.2. The Bertz CT molecular complexity index is 1010. The van der Waals surface area contributed by atoms with E-state index < -0.39 is 41.4 Å². The molecule has 1 aliphatic heterocycles. The van der Waals surface area contributed by atoms with Gasteiger partial charge in [-0.3, -0.25) is 0 Å². The minimum absolute atomic E-state index is 0.00776. The van der Waals surface area contributed by atoms with Crippen LogP contribution in [0.5, 0.6) is 0 Å². The number of alkyl halides is 1. The molecule has 1 N–H and O–H groups in total. The first-order chi connectivity index (χ1) is 15.0. The van der Waals surface area contributed by atoms with Gasteiger partial charge in [-0.25, -0.2) is 22.4 Å². The van der Waals surface area contributed by atoms with Crippen molar-refractivity contribution in [2.75, 3.05) is 18.4 Å². The summed E-state index contributed by atoms with van der Waals surface area (Å²) in [7, 11) is 0. The highest BCUT2D eigenvalue weighted by Gasteiger charge is 2.50. The van der Waals surface area contributed by atoms with Crippen molar-refractivity contribution >= 4 is 11.9 Å². The average Bonchev–Trinajstić information content (AvgIpc) is 3.24. The van der Waals surface area contributed by atoms with E-state index in [1.54, 1.807) is 25.7 Å². The fourth-order valence-electron chi connectivity index (χ4n) is 4.36. The summed E-state index contributed by atoms with van der Waals surface area (Å²) in [5.41, 5.74) is -0.999. The SMILES string of the molecule is CC(C)(C)OC(=O)N1C[C@@H]2C[C@@H](Nc3ccc(-c4cc(F)cc(F)c4F)nn3)[C@@H](F)[C@@H]2C1. The number of carbonyl (C=O) groups is 1. The van der Waals surface area contributed by atoms with Crippen LogP contribution in [0.2, 0.25) is 0 Å². The molecular weight excluding hydrogens is 428 g/mol. The van der Waals surface area contributed by atoms with Gasteiger partial charge in [0.2, 0.25) is 0 Å². The van der Waals surface area contributed by atoms with Gasteiger partial charge in [-0.2, -0.15) is 0 Å². The molecular formula is C22H24F4N4O2. The number of hydrogen-bond acceptors (Lipinski definition) is 5. The maximum Gasteiger partial charge on any atom is 0.410 e. The molecule has 0 unspecified atom stereocenters. The normalized spacial score (nSPS) is 25.0. The first-order valence-corrected chi connectivity index (χ1v) is 10.4. The molecule has 4 rings (SSSR count). The molecule has 1 aromatic heterocycles. The number of anilines is 1. The predicted octanol–water partition coefficient (Wildman–Crippen LogP) is 4.57. The number of aromatic nitrogens is 2. The van der Waals surface area contributed by atoms with Crippen LogP contribution in [0.15, 0.2) is 24.3 Å². The van der Waals surface area contributed by atoms with Crippen molar-refractivity contribution in [3.63, 3.8) is 0 Å². The predicted molar refractivity (Wildman–Crippen MR) is 109 cm³/mol. The van der Waals surface area contributed by atoms with Crippen LogP contribution in [0, 0.1) is 29.3 Å². The van der Waals surface area contributed by atoms with Crippen molar-refractivity contribution in [2.24, 2.45) is 11.8 Å². The van der Waals surface area contributed by atoms with E-state index in [1.807, 2.05) is 0 Å². The molecule has 6 nitrogen and oxygen atoms in total. The highest BCUT2D eigenvalue weighted by atomic mass is 19.2. The summed E-state index contributed by atoms with van der Waals surface area (Å²) < 4.78 is 61.2. The van der Waals surface area contributed by atoms with Crippen LogP contribution in [0.4, 0.5) is 28.2 Å². The summed E-state index contributed by atoms with van der Waals surface area (Å²) in [4.78, 5) is 13.8. The Morgan fingerprint density at radius 2 is 1.91 bits per heavy atom.